The van der Waals surface area contributed by atoms with Gasteiger partial charge in [-0.15, -0.1) is 0 Å². The van der Waals surface area contributed by atoms with Gasteiger partial charge in [0.1, 0.15) is 17.6 Å². The maximum atomic E-state index is 13.7. The lowest BCUT2D eigenvalue weighted by atomic mass is 9.90. The minimum Gasteiger partial charge on any atom is -0.361 e. The van der Waals surface area contributed by atoms with Crippen LogP contribution in [0.5, 0.6) is 0 Å². The third-order valence-electron chi connectivity index (χ3n) is 8.11. The number of hydrogen-bond acceptors (Lipinski definition) is 9. The van der Waals surface area contributed by atoms with Crippen LogP contribution in [0.1, 0.15) is 48.3 Å². The molecule has 5 aromatic rings. The quantitative estimate of drug-likeness (QED) is 0.233. The van der Waals surface area contributed by atoms with Crippen LogP contribution in [-0.4, -0.2) is 48.0 Å². The Kier molecular flexibility index (Phi) is 8.50. The predicted molar refractivity (Wildman–Crippen MR) is 169 cm³/mol. The van der Waals surface area contributed by atoms with Crippen LogP contribution in [0.3, 0.4) is 0 Å². The van der Waals surface area contributed by atoms with Crippen LogP contribution in [0.2, 0.25) is 0 Å². The summed E-state index contributed by atoms with van der Waals surface area (Å²) < 4.78 is 7.06. The Morgan fingerprint density at radius 2 is 1.84 bits per heavy atom. The summed E-state index contributed by atoms with van der Waals surface area (Å²) in [4.78, 5) is 29.3. The van der Waals surface area contributed by atoms with Gasteiger partial charge in [-0.25, -0.2) is 19.7 Å². The molecule has 45 heavy (non-hydrogen) atoms. The molecule has 1 aromatic carbocycles. The van der Waals surface area contributed by atoms with E-state index in [4.69, 9.17) is 9.51 Å². The van der Waals surface area contributed by atoms with Gasteiger partial charge in [-0.05, 0) is 57.2 Å². The van der Waals surface area contributed by atoms with Gasteiger partial charge < -0.3 is 15.2 Å². The van der Waals surface area contributed by atoms with Crippen molar-refractivity contribution in [3.05, 3.63) is 89.8 Å². The van der Waals surface area contributed by atoms with Crippen LogP contribution in [-0.2, 0) is 13.6 Å². The standard InChI is InChI=1S/C33H34N10O2/c1-21-30(22(2)45-41-21)31-25(15-34)18-36-32(40-31)39-27-10-12-28(13-11-27)43(33(44)37-16-23-7-5-4-6-8-23)29-14-9-24(17-35-29)26-19-38-42(3)20-26/h4-9,14,17-20,27-28H,10-13,16H2,1-3H3,(H,37,44)(H,36,39,40). The second-order valence-electron chi connectivity index (χ2n) is 11.2. The third-order valence-corrected chi connectivity index (χ3v) is 8.11. The minimum atomic E-state index is -0.184. The number of aryl methyl sites for hydroxylation is 3. The molecule has 0 radical (unpaired) electrons. The molecule has 1 aliphatic rings. The van der Waals surface area contributed by atoms with E-state index in [1.54, 1.807) is 28.9 Å². The number of pyridine rings is 1. The maximum Gasteiger partial charge on any atom is 0.323 e. The summed E-state index contributed by atoms with van der Waals surface area (Å²) >= 11 is 0. The summed E-state index contributed by atoms with van der Waals surface area (Å²) in [5.41, 5.74) is 5.16. The Morgan fingerprint density at radius 1 is 1.04 bits per heavy atom. The van der Waals surface area contributed by atoms with Gasteiger partial charge in [0.25, 0.3) is 0 Å². The fraction of sp³-hybridized carbons (Fsp3) is 0.303. The van der Waals surface area contributed by atoms with E-state index in [9.17, 15) is 10.1 Å². The van der Waals surface area contributed by atoms with Crippen molar-refractivity contribution >= 4 is 17.8 Å². The number of benzene rings is 1. The first-order valence-electron chi connectivity index (χ1n) is 14.9. The van der Waals surface area contributed by atoms with Crippen molar-refractivity contribution < 1.29 is 9.32 Å². The zero-order valence-electron chi connectivity index (χ0n) is 25.4. The van der Waals surface area contributed by atoms with Gasteiger partial charge in [-0.1, -0.05) is 35.5 Å². The molecule has 0 atom stereocenters. The molecule has 228 valence electrons. The normalized spacial score (nSPS) is 16.1. The van der Waals surface area contributed by atoms with Crippen LogP contribution in [0.4, 0.5) is 16.6 Å². The molecule has 12 nitrogen and oxygen atoms in total. The fourth-order valence-corrected chi connectivity index (χ4v) is 5.79. The average molecular weight is 603 g/mol. The highest BCUT2D eigenvalue weighted by Crippen LogP contribution is 2.31. The second kappa shape index (κ2) is 13.0. The minimum absolute atomic E-state index is 0.0460. The first kappa shape index (κ1) is 29.5. The first-order chi connectivity index (χ1) is 21.9. The number of amides is 2. The lowest BCUT2D eigenvalue weighted by molar-refractivity contribution is 0.240. The number of nitriles is 1. The number of urea groups is 1. The molecule has 0 unspecified atom stereocenters. The van der Waals surface area contributed by atoms with Crippen LogP contribution in [0.15, 0.2) is 71.8 Å². The predicted octanol–water partition coefficient (Wildman–Crippen LogP) is 5.56. The molecule has 1 aliphatic carbocycles. The third kappa shape index (κ3) is 6.52. The summed E-state index contributed by atoms with van der Waals surface area (Å²) in [6, 6.07) is 15.8. The molecule has 4 aromatic heterocycles. The number of carbonyl (C=O) groups is 1. The van der Waals surface area contributed by atoms with E-state index in [0.717, 1.165) is 42.4 Å². The van der Waals surface area contributed by atoms with Gasteiger partial charge in [-0.3, -0.25) is 9.58 Å². The van der Waals surface area contributed by atoms with E-state index in [1.165, 1.54) is 6.20 Å². The van der Waals surface area contributed by atoms with Gasteiger partial charge in [0.2, 0.25) is 5.95 Å². The Bertz CT molecular complexity index is 1800. The molecule has 0 saturated heterocycles. The summed E-state index contributed by atoms with van der Waals surface area (Å²) in [5.74, 6) is 1.64. The highest BCUT2D eigenvalue weighted by Gasteiger charge is 2.31. The highest BCUT2D eigenvalue weighted by molar-refractivity contribution is 5.91. The number of anilines is 2. The van der Waals surface area contributed by atoms with Crippen LogP contribution in [0.25, 0.3) is 22.4 Å². The molecule has 4 heterocycles. The highest BCUT2D eigenvalue weighted by atomic mass is 16.5. The zero-order chi connectivity index (χ0) is 31.3. The van der Waals surface area contributed by atoms with Crippen LogP contribution >= 0.6 is 0 Å². The second-order valence-corrected chi connectivity index (χ2v) is 11.2. The molecule has 1 saturated carbocycles. The van der Waals surface area contributed by atoms with Crippen molar-refractivity contribution in [2.75, 3.05) is 10.2 Å². The summed E-state index contributed by atoms with van der Waals surface area (Å²) in [6.45, 7) is 4.05. The summed E-state index contributed by atoms with van der Waals surface area (Å²) in [5, 5.41) is 24.5. The van der Waals surface area contributed by atoms with E-state index in [0.29, 0.717) is 46.6 Å². The molecule has 6 rings (SSSR count). The van der Waals surface area contributed by atoms with E-state index >= 15 is 0 Å². The fourth-order valence-electron chi connectivity index (χ4n) is 5.79. The molecule has 0 spiro atoms. The number of nitrogens with zero attached hydrogens (tertiary/aromatic N) is 8. The molecule has 2 N–H and O–H groups in total. The topological polar surface area (TPSA) is 151 Å². The molecule has 1 fully saturated rings. The Hall–Kier alpha value is -5.57. The van der Waals surface area contributed by atoms with Crippen molar-refractivity contribution in [2.45, 2.75) is 58.2 Å². The van der Waals surface area contributed by atoms with Crippen molar-refractivity contribution in [2.24, 2.45) is 7.05 Å². The Labute approximate surface area is 261 Å². The van der Waals surface area contributed by atoms with Crippen molar-refractivity contribution in [3.63, 3.8) is 0 Å². The summed E-state index contributed by atoms with van der Waals surface area (Å²) in [6.07, 6.45) is 10.2. The lowest BCUT2D eigenvalue weighted by Gasteiger charge is -2.36. The molecule has 0 bridgehead atoms. The molecule has 12 heteroatoms. The van der Waals surface area contributed by atoms with Crippen molar-refractivity contribution in [1.82, 2.24) is 35.2 Å². The molecular weight excluding hydrogens is 568 g/mol. The monoisotopic (exact) mass is 602 g/mol. The van der Waals surface area contributed by atoms with E-state index in [-0.39, 0.29) is 18.1 Å². The Morgan fingerprint density at radius 3 is 2.49 bits per heavy atom. The van der Waals surface area contributed by atoms with Gasteiger partial charge in [0, 0.05) is 49.2 Å². The number of hydrogen-bond donors (Lipinski definition) is 2. The van der Waals surface area contributed by atoms with Crippen molar-refractivity contribution in [3.8, 4) is 28.5 Å². The average Bonchev–Trinajstić information content (AvgIpc) is 3.65. The van der Waals surface area contributed by atoms with E-state index in [2.05, 4.69) is 36.9 Å². The first-order valence-corrected chi connectivity index (χ1v) is 14.9. The molecule has 2 amide bonds. The van der Waals surface area contributed by atoms with E-state index < -0.39 is 0 Å². The SMILES string of the molecule is Cc1noc(C)c1-c1nc(NC2CCC(N(C(=O)NCc3ccccc3)c3ccc(-c4cnn(C)c4)cn3)CC2)ncc1C#N. The smallest absolute Gasteiger partial charge is 0.323 e. The van der Waals surface area contributed by atoms with Crippen LogP contribution < -0.4 is 15.5 Å². The lowest BCUT2D eigenvalue weighted by Crippen LogP contribution is -2.49. The maximum absolute atomic E-state index is 13.7. The number of aromatic nitrogens is 6. The van der Waals surface area contributed by atoms with Crippen molar-refractivity contribution in [1.29, 1.82) is 5.26 Å². The molecular formula is C33H34N10O2. The van der Waals surface area contributed by atoms with Crippen LogP contribution in [0, 0.1) is 25.2 Å². The van der Waals surface area contributed by atoms with Gasteiger partial charge in [0.15, 0.2) is 0 Å². The molecule has 0 aliphatic heterocycles. The van der Waals surface area contributed by atoms with E-state index in [1.807, 2.05) is 62.6 Å². The van der Waals surface area contributed by atoms with Gasteiger partial charge in [-0.2, -0.15) is 10.4 Å². The largest absolute Gasteiger partial charge is 0.361 e. The number of rotatable bonds is 8. The van der Waals surface area contributed by atoms with Gasteiger partial charge in [0.05, 0.1) is 34.9 Å². The van der Waals surface area contributed by atoms with Gasteiger partial charge >= 0.3 is 6.03 Å². The number of nitrogens with one attached hydrogen (secondary N) is 2. The Balaban J connectivity index is 1.18. The summed E-state index contributed by atoms with van der Waals surface area (Å²) in [7, 11) is 1.88. The zero-order valence-corrected chi connectivity index (χ0v) is 25.4. The number of carbonyl (C=O) groups excluding carboxylic acids is 1.